The van der Waals surface area contributed by atoms with E-state index < -0.39 is 5.97 Å². The average molecular weight is 253 g/mol. The van der Waals surface area contributed by atoms with Crippen molar-refractivity contribution in [3.05, 3.63) is 11.9 Å². The van der Waals surface area contributed by atoms with Gasteiger partial charge in [0.25, 0.3) is 0 Å². The average Bonchev–Trinajstić information content (AvgIpc) is 2.77. The molecule has 1 amide bonds. The number of nitrogens with one attached hydrogen (secondary N) is 2. The second kappa shape index (κ2) is 5.18. The van der Waals surface area contributed by atoms with Gasteiger partial charge in [-0.2, -0.15) is 5.10 Å². The highest BCUT2D eigenvalue weighted by Crippen LogP contribution is 2.22. The Morgan fingerprint density at radius 1 is 1.61 bits per heavy atom. The van der Waals surface area contributed by atoms with Crippen molar-refractivity contribution < 1.29 is 19.4 Å². The fourth-order valence-electron chi connectivity index (χ4n) is 2.01. The number of carboxylic acids is 1. The number of carboxylic acid groups (broad SMARTS) is 1. The molecule has 0 aromatic carbocycles. The van der Waals surface area contributed by atoms with Gasteiger partial charge >= 0.3 is 5.97 Å². The van der Waals surface area contributed by atoms with Crippen molar-refractivity contribution in [1.82, 2.24) is 10.2 Å². The van der Waals surface area contributed by atoms with Gasteiger partial charge in [-0.05, 0) is 19.8 Å². The Labute approximate surface area is 104 Å². The first kappa shape index (κ1) is 12.6. The van der Waals surface area contributed by atoms with Crippen molar-refractivity contribution in [3.8, 4) is 0 Å². The molecule has 2 atom stereocenters. The van der Waals surface area contributed by atoms with E-state index in [1.54, 1.807) is 0 Å². The molecular formula is C11H15N3O4. The quantitative estimate of drug-likeness (QED) is 0.741. The number of ether oxygens (including phenoxy) is 1. The van der Waals surface area contributed by atoms with Crippen LogP contribution < -0.4 is 5.32 Å². The third-order valence-electron chi connectivity index (χ3n) is 2.97. The van der Waals surface area contributed by atoms with Crippen molar-refractivity contribution in [1.29, 1.82) is 0 Å². The molecule has 1 saturated heterocycles. The smallest absolute Gasteiger partial charge is 0.356 e. The topological polar surface area (TPSA) is 104 Å². The number of aromatic carboxylic acids is 1. The van der Waals surface area contributed by atoms with Gasteiger partial charge in [0.05, 0.1) is 18.0 Å². The maximum atomic E-state index is 12.0. The first-order valence-electron chi connectivity index (χ1n) is 5.77. The zero-order valence-electron chi connectivity index (χ0n) is 9.97. The van der Waals surface area contributed by atoms with Crippen molar-refractivity contribution in [2.45, 2.75) is 25.9 Å². The SMILES string of the molecule is C[C@H]1C[C@H](C(=O)Nc2cn[nH]c2C(=O)O)CCO1. The standard InChI is InChI=1S/C11H15N3O4/c1-6-4-7(2-3-18-6)10(15)13-8-5-12-14-9(8)11(16)17/h5-7H,2-4H2,1H3,(H,12,14)(H,13,15)(H,16,17)/t6-,7+/m0/s1. The summed E-state index contributed by atoms with van der Waals surface area (Å²) < 4.78 is 5.36. The Kier molecular flexibility index (Phi) is 3.61. The maximum absolute atomic E-state index is 12.0. The van der Waals surface area contributed by atoms with Crippen molar-refractivity contribution >= 4 is 17.6 Å². The third kappa shape index (κ3) is 2.67. The van der Waals surface area contributed by atoms with Gasteiger partial charge in [-0.1, -0.05) is 0 Å². The van der Waals surface area contributed by atoms with Gasteiger partial charge in [0, 0.05) is 12.5 Å². The Morgan fingerprint density at radius 2 is 2.39 bits per heavy atom. The van der Waals surface area contributed by atoms with Crippen LogP contribution in [0.5, 0.6) is 0 Å². The highest BCUT2D eigenvalue weighted by Gasteiger charge is 2.26. The van der Waals surface area contributed by atoms with E-state index in [0.29, 0.717) is 19.4 Å². The minimum Gasteiger partial charge on any atom is -0.476 e. The minimum absolute atomic E-state index is 0.0535. The first-order chi connectivity index (χ1) is 8.58. The molecular weight excluding hydrogens is 238 g/mol. The Hall–Kier alpha value is -1.89. The van der Waals surface area contributed by atoms with Gasteiger partial charge in [-0.15, -0.1) is 0 Å². The number of hydrogen-bond donors (Lipinski definition) is 3. The molecule has 0 aliphatic carbocycles. The van der Waals surface area contributed by atoms with E-state index in [9.17, 15) is 9.59 Å². The Bertz CT molecular complexity index is 457. The maximum Gasteiger partial charge on any atom is 0.356 e. The van der Waals surface area contributed by atoms with E-state index in [-0.39, 0.29) is 29.3 Å². The molecule has 0 unspecified atom stereocenters. The summed E-state index contributed by atoms with van der Waals surface area (Å²) in [7, 11) is 0. The molecule has 98 valence electrons. The van der Waals surface area contributed by atoms with Gasteiger partial charge in [0.2, 0.25) is 5.91 Å². The Morgan fingerprint density at radius 3 is 3.06 bits per heavy atom. The van der Waals surface area contributed by atoms with Crippen LogP contribution in [-0.2, 0) is 9.53 Å². The molecule has 1 aliphatic heterocycles. The third-order valence-corrected chi connectivity index (χ3v) is 2.97. The Balaban J connectivity index is 2.02. The molecule has 0 radical (unpaired) electrons. The van der Waals surface area contributed by atoms with E-state index in [0.717, 1.165) is 0 Å². The monoisotopic (exact) mass is 253 g/mol. The van der Waals surface area contributed by atoms with Crippen LogP contribution in [0.2, 0.25) is 0 Å². The van der Waals surface area contributed by atoms with Crippen LogP contribution in [0.15, 0.2) is 6.20 Å². The highest BCUT2D eigenvalue weighted by atomic mass is 16.5. The predicted octanol–water partition coefficient (Wildman–Crippen LogP) is 0.861. The molecule has 0 saturated carbocycles. The number of carbonyl (C=O) groups is 2. The summed E-state index contributed by atoms with van der Waals surface area (Å²) >= 11 is 0. The lowest BCUT2D eigenvalue weighted by atomic mass is 9.95. The number of H-pyrrole nitrogens is 1. The van der Waals surface area contributed by atoms with Crippen molar-refractivity contribution in [2.24, 2.45) is 5.92 Å². The van der Waals surface area contributed by atoms with Crippen molar-refractivity contribution in [2.75, 3.05) is 11.9 Å². The zero-order chi connectivity index (χ0) is 13.1. The van der Waals surface area contributed by atoms with Gasteiger partial charge in [-0.25, -0.2) is 4.79 Å². The van der Waals surface area contributed by atoms with Crippen LogP contribution >= 0.6 is 0 Å². The normalized spacial score (nSPS) is 23.6. The van der Waals surface area contributed by atoms with E-state index in [4.69, 9.17) is 9.84 Å². The fraction of sp³-hybridized carbons (Fsp3) is 0.545. The second-order valence-corrected chi connectivity index (χ2v) is 4.36. The van der Waals surface area contributed by atoms with Crippen LogP contribution in [-0.4, -0.2) is 39.9 Å². The highest BCUT2D eigenvalue weighted by molar-refractivity contribution is 5.99. The number of aromatic amines is 1. The lowest BCUT2D eigenvalue weighted by molar-refractivity contribution is -0.124. The predicted molar refractivity (Wildman–Crippen MR) is 62.3 cm³/mol. The van der Waals surface area contributed by atoms with Crippen LogP contribution in [0.3, 0.4) is 0 Å². The second-order valence-electron chi connectivity index (χ2n) is 4.36. The van der Waals surface area contributed by atoms with Crippen LogP contribution in [0.1, 0.15) is 30.3 Å². The number of hydrogen-bond acceptors (Lipinski definition) is 4. The lowest BCUT2D eigenvalue weighted by Crippen LogP contribution is -2.32. The molecule has 3 N–H and O–H groups in total. The molecule has 2 rings (SSSR count). The van der Waals surface area contributed by atoms with E-state index >= 15 is 0 Å². The molecule has 18 heavy (non-hydrogen) atoms. The van der Waals surface area contributed by atoms with Crippen LogP contribution in [0.4, 0.5) is 5.69 Å². The fourth-order valence-corrected chi connectivity index (χ4v) is 2.01. The summed E-state index contributed by atoms with van der Waals surface area (Å²) in [6, 6.07) is 0. The summed E-state index contributed by atoms with van der Waals surface area (Å²) in [5, 5.41) is 17.4. The van der Waals surface area contributed by atoms with Crippen molar-refractivity contribution in [3.63, 3.8) is 0 Å². The molecule has 0 spiro atoms. The molecule has 7 heteroatoms. The number of carbonyl (C=O) groups excluding carboxylic acids is 1. The first-order valence-corrected chi connectivity index (χ1v) is 5.77. The van der Waals surface area contributed by atoms with Gasteiger partial charge < -0.3 is 15.2 Å². The largest absolute Gasteiger partial charge is 0.476 e. The summed E-state index contributed by atoms with van der Waals surface area (Å²) in [5.74, 6) is -1.48. The number of rotatable bonds is 3. The summed E-state index contributed by atoms with van der Waals surface area (Å²) in [4.78, 5) is 22.8. The van der Waals surface area contributed by atoms with Gasteiger partial charge in [-0.3, -0.25) is 9.89 Å². The zero-order valence-corrected chi connectivity index (χ0v) is 9.97. The van der Waals surface area contributed by atoms with E-state index in [1.807, 2.05) is 6.92 Å². The number of anilines is 1. The molecule has 1 aromatic heterocycles. The summed E-state index contributed by atoms with van der Waals surface area (Å²) in [6.07, 6.45) is 2.64. The van der Waals surface area contributed by atoms with E-state index in [1.165, 1.54) is 6.20 Å². The van der Waals surface area contributed by atoms with E-state index in [2.05, 4.69) is 15.5 Å². The lowest BCUT2D eigenvalue weighted by Gasteiger charge is -2.26. The molecule has 1 fully saturated rings. The molecule has 1 aliphatic rings. The summed E-state index contributed by atoms with van der Waals surface area (Å²) in [6.45, 7) is 2.47. The van der Waals surface area contributed by atoms with Crippen LogP contribution in [0.25, 0.3) is 0 Å². The minimum atomic E-state index is -1.15. The number of nitrogens with zero attached hydrogens (tertiary/aromatic N) is 1. The molecule has 1 aromatic rings. The van der Waals surface area contributed by atoms with Crippen LogP contribution in [0, 0.1) is 5.92 Å². The number of aromatic nitrogens is 2. The van der Waals surface area contributed by atoms with Gasteiger partial charge in [0.1, 0.15) is 0 Å². The molecule has 7 nitrogen and oxygen atoms in total. The molecule has 0 bridgehead atoms. The molecule has 2 heterocycles. The number of amides is 1. The van der Waals surface area contributed by atoms with Gasteiger partial charge in [0.15, 0.2) is 5.69 Å². The summed E-state index contributed by atoms with van der Waals surface area (Å²) in [5.41, 5.74) is 0.0927.